The first-order valence-corrected chi connectivity index (χ1v) is 5.70. The molecule has 0 fully saturated rings. The van der Waals surface area contributed by atoms with Gasteiger partial charge in [-0.05, 0) is 30.7 Å². The summed E-state index contributed by atoms with van der Waals surface area (Å²) in [5.41, 5.74) is 7.44. The Morgan fingerprint density at radius 3 is 2.63 bits per heavy atom. The molecule has 0 aliphatic carbocycles. The Hall–Kier alpha value is -2.23. The first-order chi connectivity index (χ1) is 8.99. The first-order valence-electron chi connectivity index (χ1n) is 5.70. The van der Waals surface area contributed by atoms with Crippen LogP contribution in [0, 0.1) is 6.92 Å². The fraction of sp³-hybridized carbons (Fsp3) is 0.133. The highest BCUT2D eigenvalue weighted by Crippen LogP contribution is 2.23. The third kappa shape index (κ3) is 3.88. The van der Waals surface area contributed by atoms with Crippen LogP contribution in [0.2, 0.25) is 0 Å². The van der Waals surface area contributed by atoms with Crippen LogP contribution in [0.1, 0.15) is 11.3 Å². The van der Waals surface area contributed by atoms with Gasteiger partial charge in [0.1, 0.15) is 11.7 Å². The predicted octanol–water partition coefficient (Wildman–Crippen LogP) is 3.96. The number of allylic oxidation sites excluding steroid dienone is 6. The molecule has 1 aromatic heterocycles. The summed E-state index contributed by atoms with van der Waals surface area (Å²) in [4.78, 5) is 4.06. The van der Waals surface area contributed by atoms with Crippen LogP contribution >= 0.6 is 0 Å². The Bertz CT molecular complexity index is 557. The van der Waals surface area contributed by atoms with Crippen LogP contribution in [-0.4, -0.2) is 4.98 Å². The lowest BCUT2D eigenvalue weighted by molar-refractivity contribution is 0.601. The second kappa shape index (κ2) is 6.64. The Balaban J connectivity index is 3.15. The Kier molecular flexibility index (Phi) is 5.18. The number of aryl methyl sites for hydroxylation is 1. The number of hydrogen-bond donors (Lipinski definition) is 1. The van der Waals surface area contributed by atoms with Crippen molar-refractivity contribution in [1.29, 1.82) is 0 Å². The standard InChI is InChI=1S/C15H16F2N2/c1-4-6-14(17)12(13(16)5-2)8-11-7-10(3)15(18)9-19-11/h4-7,9H,1-2,8,18H2,3H3/b13-12+,14-6+. The number of halogens is 2. The molecular weight excluding hydrogens is 246 g/mol. The van der Waals surface area contributed by atoms with E-state index in [1.165, 1.54) is 12.3 Å². The number of anilines is 1. The molecule has 2 N–H and O–H groups in total. The summed E-state index contributed by atoms with van der Waals surface area (Å²) in [5, 5.41) is 0. The van der Waals surface area contributed by atoms with E-state index in [2.05, 4.69) is 18.1 Å². The van der Waals surface area contributed by atoms with Crippen molar-refractivity contribution in [2.24, 2.45) is 0 Å². The molecule has 2 nitrogen and oxygen atoms in total. The van der Waals surface area contributed by atoms with Crippen molar-refractivity contribution in [1.82, 2.24) is 4.98 Å². The Morgan fingerprint density at radius 1 is 1.42 bits per heavy atom. The van der Waals surface area contributed by atoms with Crippen molar-refractivity contribution in [2.75, 3.05) is 5.73 Å². The van der Waals surface area contributed by atoms with E-state index >= 15 is 0 Å². The van der Waals surface area contributed by atoms with Crippen molar-refractivity contribution < 1.29 is 8.78 Å². The molecule has 0 saturated heterocycles. The number of aromatic nitrogens is 1. The number of hydrogen-bond acceptors (Lipinski definition) is 2. The highest BCUT2D eigenvalue weighted by atomic mass is 19.1. The maximum absolute atomic E-state index is 13.8. The highest BCUT2D eigenvalue weighted by molar-refractivity contribution is 5.45. The maximum atomic E-state index is 13.8. The van der Waals surface area contributed by atoms with Gasteiger partial charge in [0.25, 0.3) is 0 Å². The molecule has 4 heteroatoms. The average molecular weight is 262 g/mol. The molecule has 100 valence electrons. The van der Waals surface area contributed by atoms with Gasteiger partial charge >= 0.3 is 0 Å². The fourth-order valence-corrected chi connectivity index (χ4v) is 1.51. The van der Waals surface area contributed by atoms with Crippen molar-refractivity contribution in [3.05, 3.63) is 72.1 Å². The minimum Gasteiger partial charge on any atom is -0.397 e. The van der Waals surface area contributed by atoms with Gasteiger partial charge in [0.2, 0.25) is 0 Å². The largest absolute Gasteiger partial charge is 0.397 e. The normalized spacial score (nSPS) is 12.9. The van der Waals surface area contributed by atoms with Gasteiger partial charge in [0.15, 0.2) is 0 Å². The van der Waals surface area contributed by atoms with Crippen LogP contribution < -0.4 is 5.73 Å². The molecule has 19 heavy (non-hydrogen) atoms. The van der Waals surface area contributed by atoms with Crippen molar-refractivity contribution in [3.63, 3.8) is 0 Å². The van der Waals surface area contributed by atoms with Gasteiger partial charge in [-0.1, -0.05) is 19.2 Å². The lowest BCUT2D eigenvalue weighted by atomic mass is 10.1. The molecule has 0 atom stereocenters. The van der Waals surface area contributed by atoms with Crippen molar-refractivity contribution in [2.45, 2.75) is 13.3 Å². The summed E-state index contributed by atoms with van der Waals surface area (Å²) < 4.78 is 27.4. The van der Waals surface area contributed by atoms with Crippen LogP contribution in [-0.2, 0) is 6.42 Å². The van der Waals surface area contributed by atoms with E-state index in [0.717, 1.165) is 17.7 Å². The Labute approximate surface area is 111 Å². The van der Waals surface area contributed by atoms with Crippen molar-refractivity contribution in [3.8, 4) is 0 Å². The molecule has 0 unspecified atom stereocenters. The topological polar surface area (TPSA) is 38.9 Å². The molecule has 1 aromatic rings. The second-order valence-electron chi connectivity index (χ2n) is 3.99. The molecule has 0 aliphatic heterocycles. The Morgan fingerprint density at radius 2 is 2.11 bits per heavy atom. The zero-order valence-corrected chi connectivity index (χ0v) is 10.8. The van der Waals surface area contributed by atoms with Gasteiger partial charge in [-0.3, -0.25) is 4.98 Å². The van der Waals surface area contributed by atoms with Crippen LogP contribution in [0.3, 0.4) is 0 Å². The van der Waals surface area contributed by atoms with Crippen LogP contribution in [0.25, 0.3) is 0 Å². The van der Waals surface area contributed by atoms with E-state index in [9.17, 15) is 8.78 Å². The SMILES string of the molecule is C=C/C=C(F)\C(Cc1cc(C)c(N)cn1)=C(\F)C=C. The van der Waals surface area contributed by atoms with Crippen molar-refractivity contribution >= 4 is 5.69 Å². The zero-order valence-electron chi connectivity index (χ0n) is 10.8. The molecule has 1 heterocycles. The smallest absolute Gasteiger partial charge is 0.129 e. The van der Waals surface area contributed by atoms with Gasteiger partial charge in [-0.2, -0.15) is 0 Å². The molecule has 0 spiro atoms. The van der Waals surface area contributed by atoms with Gasteiger partial charge in [0, 0.05) is 17.7 Å². The summed E-state index contributed by atoms with van der Waals surface area (Å²) in [6, 6.07) is 1.70. The molecule has 0 saturated carbocycles. The monoisotopic (exact) mass is 262 g/mol. The van der Waals surface area contributed by atoms with Gasteiger partial charge < -0.3 is 5.73 Å². The lowest BCUT2D eigenvalue weighted by Gasteiger charge is -2.07. The summed E-state index contributed by atoms with van der Waals surface area (Å²) in [6.45, 7) is 8.50. The third-order valence-corrected chi connectivity index (χ3v) is 2.59. The van der Waals surface area contributed by atoms with Gasteiger partial charge in [-0.15, -0.1) is 0 Å². The molecule has 0 bridgehead atoms. The molecule has 0 amide bonds. The summed E-state index contributed by atoms with van der Waals surface area (Å²) in [6.07, 6.45) is 4.82. The molecule has 1 rings (SSSR count). The minimum absolute atomic E-state index is 0.0230. The minimum atomic E-state index is -0.716. The van der Waals surface area contributed by atoms with Gasteiger partial charge in [-0.25, -0.2) is 8.78 Å². The van der Waals surface area contributed by atoms with E-state index in [1.807, 2.05) is 6.92 Å². The van der Waals surface area contributed by atoms with Crippen LogP contribution in [0.5, 0.6) is 0 Å². The highest BCUT2D eigenvalue weighted by Gasteiger charge is 2.12. The van der Waals surface area contributed by atoms with Crippen LogP contribution in [0.4, 0.5) is 14.5 Å². The van der Waals surface area contributed by atoms with E-state index < -0.39 is 11.7 Å². The number of nitrogens with zero attached hydrogens (tertiary/aromatic N) is 1. The predicted molar refractivity (Wildman–Crippen MR) is 74.8 cm³/mol. The summed E-state index contributed by atoms with van der Waals surface area (Å²) in [7, 11) is 0. The van der Waals surface area contributed by atoms with E-state index in [0.29, 0.717) is 11.4 Å². The molecule has 0 radical (unpaired) electrons. The van der Waals surface area contributed by atoms with E-state index in [1.54, 1.807) is 6.07 Å². The number of nitrogen functional groups attached to an aromatic ring is 1. The lowest BCUT2D eigenvalue weighted by Crippen LogP contribution is -2.00. The fourth-order valence-electron chi connectivity index (χ4n) is 1.51. The summed E-state index contributed by atoms with van der Waals surface area (Å²) in [5.74, 6) is -1.41. The number of rotatable bonds is 5. The number of pyridine rings is 1. The van der Waals surface area contributed by atoms with Gasteiger partial charge in [0.05, 0.1) is 11.9 Å². The second-order valence-corrected chi connectivity index (χ2v) is 3.99. The molecular formula is C15H16F2N2. The first kappa shape index (κ1) is 14.8. The quantitative estimate of drug-likeness (QED) is 0.816. The number of nitrogens with two attached hydrogens (primary N) is 1. The summed E-state index contributed by atoms with van der Waals surface area (Å²) >= 11 is 0. The van der Waals surface area contributed by atoms with E-state index in [4.69, 9.17) is 5.73 Å². The van der Waals surface area contributed by atoms with Crippen LogP contribution in [0.15, 0.2) is 60.9 Å². The average Bonchev–Trinajstić information content (AvgIpc) is 2.39. The molecule has 0 aliphatic rings. The maximum Gasteiger partial charge on any atom is 0.129 e. The zero-order chi connectivity index (χ0) is 14.4. The third-order valence-electron chi connectivity index (χ3n) is 2.59. The van der Waals surface area contributed by atoms with E-state index in [-0.39, 0.29) is 12.0 Å². The molecule has 0 aromatic carbocycles.